The molecule has 1 N–H and O–H groups in total. The van der Waals surface area contributed by atoms with Crippen LogP contribution < -0.4 is 10.1 Å². The molecule has 170 valence electrons. The zero-order valence-electron chi connectivity index (χ0n) is 18.4. The lowest BCUT2D eigenvalue weighted by Crippen LogP contribution is -2.18. The predicted molar refractivity (Wildman–Crippen MR) is 126 cm³/mol. The zero-order chi connectivity index (χ0) is 23.0. The molecule has 1 amide bonds. The van der Waals surface area contributed by atoms with E-state index in [0.717, 1.165) is 42.1 Å². The molecule has 2 aromatic carbocycles. The molecule has 0 aliphatic carbocycles. The van der Waals surface area contributed by atoms with Crippen molar-refractivity contribution in [2.75, 3.05) is 24.8 Å². The summed E-state index contributed by atoms with van der Waals surface area (Å²) in [5, 5.41) is 21.1. The lowest BCUT2D eigenvalue weighted by atomic mass is 10.1. The van der Waals surface area contributed by atoms with Crippen molar-refractivity contribution in [3.63, 3.8) is 0 Å². The van der Waals surface area contributed by atoms with Gasteiger partial charge in [0.25, 0.3) is 0 Å². The quantitative estimate of drug-likeness (QED) is 0.480. The van der Waals surface area contributed by atoms with Crippen LogP contribution in [-0.2, 0) is 22.5 Å². The largest absolute Gasteiger partial charge is 0.497 e. The highest BCUT2D eigenvalue weighted by Gasteiger charge is 2.22. The summed E-state index contributed by atoms with van der Waals surface area (Å²) in [5.74, 6) is 1.58. The molecular formula is C24H25N5O3S. The van der Waals surface area contributed by atoms with Gasteiger partial charge in [0.05, 0.1) is 38.0 Å². The van der Waals surface area contributed by atoms with E-state index in [0.29, 0.717) is 23.8 Å². The van der Waals surface area contributed by atoms with Gasteiger partial charge < -0.3 is 14.8 Å². The second-order valence-corrected chi connectivity index (χ2v) is 8.59. The molecule has 3 aromatic rings. The molecule has 0 saturated carbocycles. The standard InChI is InChI=1S/C24H25N5O3S/c1-31-20-10-6-18(7-11-20)23-27-28-24(29(23)15-21-3-2-14-32-21)33-16-22(30)26-19-8-4-17(5-9-19)12-13-25/h4-11,21H,2-3,12,14-16H2,1H3,(H,26,30)/t21-/m1/s1. The number of methoxy groups -OCH3 is 1. The van der Waals surface area contributed by atoms with Crippen LogP contribution in [0, 0.1) is 11.3 Å². The van der Waals surface area contributed by atoms with Gasteiger partial charge in [0.15, 0.2) is 11.0 Å². The normalized spacial score (nSPS) is 15.2. The number of amides is 1. The molecule has 1 saturated heterocycles. The average molecular weight is 464 g/mol. The molecule has 4 rings (SSSR count). The van der Waals surface area contributed by atoms with Gasteiger partial charge in [0.2, 0.25) is 5.91 Å². The lowest BCUT2D eigenvalue weighted by Gasteiger charge is -2.15. The molecule has 1 aromatic heterocycles. The number of nitrogens with one attached hydrogen (secondary N) is 1. The maximum absolute atomic E-state index is 12.5. The first kappa shape index (κ1) is 22.8. The van der Waals surface area contributed by atoms with Crippen molar-refractivity contribution in [3.8, 4) is 23.2 Å². The molecule has 0 unspecified atom stereocenters. The number of ether oxygens (including phenoxy) is 2. The van der Waals surface area contributed by atoms with E-state index in [1.807, 2.05) is 41.0 Å². The first-order valence-corrected chi connectivity index (χ1v) is 11.7. The van der Waals surface area contributed by atoms with Crippen LogP contribution in [0.3, 0.4) is 0 Å². The Morgan fingerprint density at radius 3 is 2.70 bits per heavy atom. The van der Waals surface area contributed by atoms with E-state index in [1.54, 1.807) is 19.2 Å². The first-order valence-electron chi connectivity index (χ1n) is 10.7. The average Bonchev–Trinajstić information content (AvgIpc) is 3.50. The fourth-order valence-corrected chi connectivity index (χ4v) is 4.38. The number of rotatable bonds is 9. The Hall–Kier alpha value is -3.35. The first-order chi connectivity index (χ1) is 16.2. The Kier molecular flexibility index (Phi) is 7.60. The van der Waals surface area contributed by atoms with Crippen LogP contribution in [0.2, 0.25) is 0 Å². The van der Waals surface area contributed by atoms with Crippen LogP contribution in [0.4, 0.5) is 5.69 Å². The number of nitriles is 1. The van der Waals surface area contributed by atoms with Crippen molar-refractivity contribution in [2.24, 2.45) is 0 Å². The van der Waals surface area contributed by atoms with Crippen LogP contribution in [0.15, 0.2) is 53.7 Å². The highest BCUT2D eigenvalue weighted by Crippen LogP contribution is 2.28. The van der Waals surface area contributed by atoms with Gasteiger partial charge in [-0.1, -0.05) is 23.9 Å². The summed E-state index contributed by atoms with van der Waals surface area (Å²) in [6.07, 6.45) is 2.49. The van der Waals surface area contributed by atoms with E-state index >= 15 is 0 Å². The number of hydrogen-bond donors (Lipinski definition) is 1. The summed E-state index contributed by atoms with van der Waals surface area (Å²) in [4.78, 5) is 12.5. The summed E-state index contributed by atoms with van der Waals surface area (Å²) in [7, 11) is 1.63. The summed E-state index contributed by atoms with van der Waals surface area (Å²) >= 11 is 1.35. The van der Waals surface area contributed by atoms with E-state index in [2.05, 4.69) is 21.6 Å². The maximum atomic E-state index is 12.5. The number of carbonyl (C=O) groups excluding carboxylic acids is 1. The molecule has 1 aliphatic heterocycles. The van der Waals surface area contributed by atoms with Crippen molar-refractivity contribution in [3.05, 3.63) is 54.1 Å². The van der Waals surface area contributed by atoms with E-state index in [1.165, 1.54) is 11.8 Å². The SMILES string of the molecule is COc1ccc(-c2nnc(SCC(=O)Nc3ccc(CC#N)cc3)n2C[C@H]2CCCO2)cc1. The number of benzene rings is 2. The smallest absolute Gasteiger partial charge is 0.234 e. The summed E-state index contributed by atoms with van der Waals surface area (Å²) in [6, 6.07) is 17.1. The molecular weight excluding hydrogens is 438 g/mol. The van der Waals surface area contributed by atoms with Crippen LogP contribution >= 0.6 is 11.8 Å². The number of aromatic nitrogens is 3. The number of thioether (sulfide) groups is 1. The fourth-order valence-electron chi connectivity index (χ4n) is 3.63. The molecule has 33 heavy (non-hydrogen) atoms. The third-order valence-electron chi connectivity index (χ3n) is 5.33. The predicted octanol–water partition coefficient (Wildman–Crippen LogP) is 3.93. The van der Waals surface area contributed by atoms with Gasteiger partial charge >= 0.3 is 0 Å². The summed E-state index contributed by atoms with van der Waals surface area (Å²) in [6.45, 7) is 1.40. The number of nitrogens with zero attached hydrogens (tertiary/aromatic N) is 4. The Morgan fingerprint density at radius 1 is 1.24 bits per heavy atom. The van der Waals surface area contributed by atoms with Gasteiger partial charge in [0.1, 0.15) is 5.75 Å². The molecule has 0 bridgehead atoms. The van der Waals surface area contributed by atoms with Gasteiger partial charge in [-0.15, -0.1) is 10.2 Å². The topological polar surface area (TPSA) is 102 Å². The molecule has 0 spiro atoms. The van der Waals surface area contributed by atoms with Crippen LogP contribution in [0.25, 0.3) is 11.4 Å². The molecule has 1 aliphatic rings. The van der Waals surface area contributed by atoms with E-state index in [9.17, 15) is 4.79 Å². The minimum atomic E-state index is -0.134. The van der Waals surface area contributed by atoms with Crippen molar-refractivity contribution >= 4 is 23.4 Å². The number of hydrogen-bond acceptors (Lipinski definition) is 7. The second kappa shape index (κ2) is 11.0. The third kappa shape index (κ3) is 5.92. The van der Waals surface area contributed by atoms with Crippen molar-refractivity contribution < 1.29 is 14.3 Å². The molecule has 2 heterocycles. The van der Waals surface area contributed by atoms with E-state index in [-0.39, 0.29) is 17.8 Å². The third-order valence-corrected chi connectivity index (χ3v) is 6.30. The maximum Gasteiger partial charge on any atom is 0.234 e. The van der Waals surface area contributed by atoms with Crippen molar-refractivity contribution in [2.45, 2.75) is 37.1 Å². The van der Waals surface area contributed by atoms with E-state index < -0.39 is 0 Å². The molecule has 9 heteroatoms. The Morgan fingerprint density at radius 2 is 2.03 bits per heavy atom. The van der Waals surface area contributed by atoms with Crippen LogP contribution in [-0.4, -0.2) is 46.2 Å². The summed E-state index contributed by atoms with van der Waals surface area (Å²) in [5.41, 5.74) is 2.54. The minimum absolute atomic E-state index is 0.109. The number of anilines is 1. The van der Waals surface area contributed by atoms with Gasteiger partial charge in [-0.2, -0.15) is 5.26 Å². The highest BCUT2D eigenvalue weighted by atomic mass is 32.2. The van der Waals surface area contributed by atoms with Crippen molar-refractivity contribution in [1.82, 2.24) is 14.8 Å². The fraction of sp³-hybridized carbons (Fsp3) is 0.333. The van der Waals surface area contributed by atoms with E-state index in [4.69, 9.17) is 14.7 Å². The zero-order valence-corrected chi connectivity index (χ0v) is 19.2. The van der Waals surface area contributed by atoms with Gasteiger partial charge in [-0.3, -0.25) is 9.36 Å². The molecule has 0 radical (unpaired) electrons. The molecule has 1 atom stereocenters. The van der Waals surface area contributed by atoms with Gasteiger partial charge in [0, 0.05) is 17.9 Å². The van der Waals surface area contributed by atoms with Crippen LogP contribution in [0.5, 0.6) is 5.75 Å². The molecule has 8 nitrogen and oxygen atoms in total. The lowest BCUT2D eigenvalue weighted by molar-refractivity contribution is -0.113. The molecule has 1 fully saturated rings. The monoisotopic (exact) mass is 463 g/mol. The Labute approximate surface area is 196 Å². The van der Waals surface area contributed by atoms with Crippen molar-refractivity contribution in [1.29, 1.82) is 5.26 Å². The van der Waals surface area contributed by atoms with Crippen LogP contribution in [0.1, 0.15) is 18.4 Å². The van der Waals surface area contributed by atoms with Gasteiger partial charge in [-0.25, -0.2) is 0 Å². The summed E-state index contributed by atoms with van der Waals surface area (Å²) < 4.78 is 13.1. The Bertz CT molecular complexity index is 1120. The Balaban J connectivity index is 1.46. The second-order valence-electron chi connectivity index (χ2n) is 7.65. The number of carbonyl (C=O) groups is 1. The highest BCUT2D eigenvalue weighted by molar-refractivity contribution is 7.99. The minimum Gasteiger partial charge on any atom is -0.497 e. The van der Waals surface area contributed by atoms with Gasteiger partial charge in [-0.05, 0) is 54.8 Å².